The molecule has 2 N–H and O–H groups in total. The molecule has 0 saturated carbocycles. The van der Waals surface area contributed by atoms with Crippen molar-refractivity contribution >= 4 is 28.1 Å². The molecule has 1 aromatic heterocycles. The number of thiazole rings is 1. The van der Waals surface area contributed by atoms with E-state index in [-0.39, 0.29) is 0 Å². The first-order valence-corrected chi connectivity index (χ1v) is 7.21. The minimum Gasteiger partial charge on any atom is -0.457 e. The number of nitrogen functional groups attached to an aromatic ring is 1. The van der Waals surface area contributed by atoms with Crippen LogP contribution >= 0.6 is 22.9 Å². The van der Waals surface area contributed by atoms with E-state index in [1.807, 2.05) is 41.8 Å². The van der Waals surface area contributed by atoms with Gasteiger partial charge >= 0.3 is 0 Å². The average molecular weight is 303 g/mol. The molecule has 2 aromatic carbocycles. The van der Waals surface area contributed by atoms with Crippen LogP contribution in [0.1, 0.15) is 0 Å². The number of hydrogen-bond donors (Lipinski definition) is 1. The summed E-state index contributed by atoms with van der Waals surface area (Å²) in [6.45, 7) is 0. The molecule has 3 aromatic rings. The Balaban J connectivity index is 1.77. The first-order chi connectivity index (χ1) is 9.70. The van der Waals surface area contributed by atoms with E-state index in [0.29, 0.717) is 10.2 Å². The Morgan fingerprint density at radius 1 is 0.950 bits per heavy atom. The summed E-state index contributed by atoms with van der Waals surface area (Å²) in [5.41, 5.74) is 7.53. The highest BCUT2D eigenvalue weighted by Gasteiger charge is 2.03. The second kappa shape index (κ2) is 5.53. The Labute approximate surface area is 125 Å². The van der Waals surface area contributed by atoms with Crippen LogP contribution in [-0.2, 0) is 0 Å². The maximum Gasteiger partial charge on any atom is 0.180 e. The molecule has 5 heteroatoms. The number of nitrogens with zero attached hydrogens (tertiary/aromatic N) is 1. The van der Waals surface area contributed by atoms with Gasteiger partial charge in [-0.05, 0) is 48.5 Å². The van der Waals surface area contributed by atoms with Crippen LogP contribution in [0.3, 0.4) is 0 Å². The number of halogens is 1. The molecule has 0 fully saturated rings. The quantitative estimate of drug-likeness (QED) is 0.753. The van der Waals surface area contributed by atoms with E-state index in [0.717, 1.165) is 22.8 Å². The number of rotatable bonds is 3. The number of aromatic nitrogens is 1. The van der Waals surface area contributed by atoms with Gasteiger partial charge in [-0.3, -0.25) is 0 Å². The fraction of sp³-hybridized carbons (Fsp3) is 0. The van der Waals surface area contributed by atoms with E-state index in [2.05, 4.69) is 4.98 Å². The van der Waals surface area contributed by atoms with Crippen LogP contribution in [-0.4, -0.2) is 4.98 Å². The molecule has 0 aliphatic rings. The molecule has 0 unspecified atom stereocenters. The van der Waals surface area contributed by atoms with Crippen LogP contribution in [0.25, 0.3) is 11.3 Å². The molecule has 3 rings (SSSR count). The van der Waals surface area contributed by atoms with Crippen LogP contribution < -0.4 is 10.5 Å². The first kappa shape index (κ1) is 13.0. The van der Waals surface area contributed by atoms with E-state index < -0.39 is 0 Å². The van der Waals surface area contributed by atoms with E-state index >= 15 is 0 Å². The van der Waals surface area contributed by atoms with Crippen LogP contribution in [0.15, 0.2) is 53.9 Å². The number of anilines is 1. The fourth-order valence-electron chi connectivity index (χ4n) is 1.75. The van der Waals surface area contributed by atoms with Gasteiger partial charge in [0.15, 0.2) is 5.13 Å². The molecule has 0 spiro atoms. The minimum atomic E-state index is 0.571. The summed E-state index contributed by atoms with van der Waals surface area (Å²) in [6.07, 6.45) is 0. The van der Waals surface area contributed by atoms with Gasteiger partial charge in [-0.25, -0.2) is 4.98 Å². The topological polar surface area (TPSA) is 48.1 Å². The van der Waals surface area contributed by atoms with Gasteiger partial charge in [0.1, 0.15) is 11.5 Å². The summed E-state index contributed by atoms with van der Waals surface area (Å²) < 4.78 is 5.73. The van der Waals surface area contributed by atoms with Gasteiger partial charge in [0.05, 0.1) is 5.69 Å². The Morgan fingerprint density at radius 3 is 2.10 bits per heavy atom. The zero-order chi connectivity index (χ0) is 13.9. The fourth-order valence-corrected chi connectivity index (χ4v) is 2.45. The maximum atomic E-state index is 5.83. The monoisotopic (exact) mass is 302 g/mol. The molecule has 0 atom stereocenters. The molecule has 0 aliphatic heterocycles. The van der Waals surface area contributed by atoms with Gasteiger partial charge in [0.2, 0.25) is 0 Å². The van der Waals surface area contributed by atoms with Crippen molar-refractivity contribution in [2.75, 3.05) is 5.73 Å². The average Bonchev–Trinajstić information content (AvgIpc) is 2.89. The van der Waals surface area contributed by atoms with Crippen molar-refractivity contribution in [1.82, 2.24) is 4.98 Å². The molecule has 0 radical (unpaired) electrons. The standard InChI is InChI=1S/C15H11ClN2OS/c16-11-3-7-13(8-4-11)19-12-5-1-10(2-6-12)14-9-20-15(17)18-14/h1-9H,(H2,17,18). The zero-order valence-electron chi connectivity index (χ0n) is 10.4. The summed E-state index contributed by atoms with van der Waals surface area (Å²) in [6, 6.07) is 15.0. The summed E-state index contributed by atoms with van der Waals surface area (Å²) in [5.74, 6) is 1.51. The molecule has 1 heterocycles. The largest absolute Gasteiger partial charge is 0.457 e. The number of hydrogen-bond acceptors (Lipinski definition) is 4. The maximum absolute atomic E-state index is 5.83. The summed E-state index contributed by atoms with van der Waals surface area (Å²) in [5, 5.41) is 3.19. The van der Waals surface area contributed by atoms with E-state index in [1.54, 1.807) is 12.1 Å². The molecule has 0 aliphatic carbocycles. The van der Waals surface area contributed by atoms with Gasteiger partial charge in [-0.2, -0.15) is 0 Å². The van der Waals surface area contributed by atoms with Gasteiger partial charge in [-0.15, -0.1) is 11.3 Å². The lowest BCUT2D eigenvalue weighted by Crippen LogP contribution is -1.85. The van der Waals surface area contributed by atoms with Crippen molar-refractivity contribution in [2.45, 2.75) is 0 Å². The molecular weight excluding hydrogens is 292 g/mol. The molecule has 0 bridgehead atoms. The second-order valence-corrected chi connectivity index (χ2v) is 5.48. The first-order valence-electron chi connectivity index (χ1n) is 5.95. The predicted molar refractivity (Wildman–Crippen MR) is 83.5 cm³/mol. The van der Waals surface area contributed by atoms with Crippen molar-refractivity contribution in [3.8, 4) is 22.8 Å². The normalized spacial score (nSPS) is 10.4. The number of nitrogens with two attached hydrogens (primary N) is 1. The molecule has 20 heavy (non-hydrogen) atoms. The summed E-state index contributed by atoms with van der Waals surface area (Å²) >= 11 is 7.26. The molecule has 3 nitrogen and oxygen atoms in total. The lowest BCUT2D eigenvalue weighted by molar-refractivity contribution is 0.483. The Bertz CT molecular complexity index is 707. The van der Waals surface area contributed by atoms with Gasteiger partial charge in [0, 0.05) is 16.0 Å². The molecule has 100 valence electrons. The summed E-state index contributed by atoms with van der Waals surface area (Å²) in [4.78, 5) is 4.25. The molecular formula is C15H11ClN2OS. The smallest absolute Gasteiger partial charge is 0.180 e. The lowest BCUT2D eigenvalue weighted by atomic mass is 10.2. The van der Waals surface area contributed by atoms with Crippen LogP contribution in [0.5, 0.6) is 11.5 Å². The Hall–Kier alpha value is -2.04. The van der Waals surface area contributed by atoms with Gasteiger partial charge < -0.3 is 10.5 Å². The van der Waals surface area contributed by atoms with Crippen molar-refractivity contribution in [3.05, 3.63) is 58.9 Å². The van der Waals surface area contributed by atoms with Crippen molar-refractivity contribution in [3.63, 3.8) is 0 Å². The molecule has 0 amide bonds. The van der Waals surface area contributed by atoms with Crippen molar-refractivity contribution in [2.24, 2.45) is 0 Å². The summed E-state index contributed by atoms with van der Waals surface area (Å²) in [7, 11) is 0. The predicted octanol–water partition coefficient (Wildman–Crippen LogP) is 4.84. The van der Waals surface area contributed by atoms with Gasteiger partial charge in [0.25, 0.3) is 0 Å². The number of benzene rings is 2. The zero-order valence-corrected chi connectivity index (χ0v) is 12.0. The van der Waals surface area contributed by atoms with Crippen molar-refractivity contribution in [1.29, 1.82) is 0 Å². The Kier molecular flexibility index (Phi) is 3.58. The second-order valence-electron chi connectivity index (χ2n) is 4.15. The van der Waals surface area contributed by atoms with Crippen LogP contribution in [0, 0.1) is 0 Å². The third-order valence-corrected chi connectivity index (χ3v) is 3.65. The highest BCUT2D eigenvalue weighted by atomic mass is 35.5. The highest BCUT2D eigenvalue weighted by molar-refractivity contribution is 7.13. The minimum absolute atomic E-state index is 0.571. The van der Waals surface area contributed by atoms with Crippen LogP contribution in [0.2, 0.25) is 5.02 Å². The van der Waals surface area contributed by atoms with E-state index in [1.165, 1.54) is 11.3 Å². The number of ether oxygens (including phenoxy) is 1. The van der Waals surface area contributed by atoms with E-state index in [9.17, 15) is 0 Å². The third kappa shape index (κ3) is 2.92. The lowest BCUT2D eigenvalue weighted by Gasteiger charge is -2.06. The third-order valence-electron chi connectivity index (χ3n) is 2.72. The highest BCUT2D eigenvalue weighted by Crippen LogP contribution is 2.27. The SMILES string of the molecule is Nc1nc(-c2ccc(Oc3ccc(Cl)cc3)cc2)cs1. The Morgan fingerprint density at radius 2 is 1.55 bits per heavy atom. The molecule has 0 saturated heterocycles. The van der Waals surface area contributed by atoms with E-state index in [4.69, 9.17) is 22.1 Å². The van der Waals surface area contributed by atoms with Crippen molar-refractivity contribution < 1.29 is 4.74 Å². The van der Waals surface area contributed by atoms with Gasteiger partial charge in [-0.1, -0.05) is 11.6 Å². The van der Waals surface area contributed by atoms with Crippen LogP contribution in [0.4, 0.5) is 5.13 Å².